The lowest BCUT2D eigenvalue weighted by molar-refractivity contribution is -0.137. The molecule has 1 amide bonds. The predicted octanol–water partition coefficient (Wildman–Crippen LogP) is 3.02. The van der Waals surface area contributed by atoms with Crippen LogP contribution in [0.15, 0.2) is 67.0 Å². The third-order valence-electron chi connectivity index (χ3n) is 5.15. The van der Waals surface area contributed by atoms with Gasteiger partial charge in [0, 0.05) is 42.2 Å². The number of nitrogens with two attached hydrogens (primary N) is 1. The van der Waals surface area contributed by atoms with E-state index in [9.17, 15) is 14.4 Å². The van der Waals surface area contributed by atoms with E-state index in [1.54, 1.807) is 37.4 Å². The van der Waals surface area contributed by atoms with Gasteiger partial charge in [-0.2, -0.15) is 0 Å². The van der Waals surface area contributed by atoms with Crippen LogP contribution in [0.5, 0.6) is 5.75 Å². The van der Waals surface area contributed by atoms with Gasteiger partial charge in [0.15, 0.2) is 5.78 Å². The van der Waals surface area contributed by atoms with Gasteiger partial charge < -0.3 is 20.5 Å². The Kier molecular flexibility index (Phi) is 7.88. The second kappa shape index (κ2) is 11.0. The van der Waals surface area contributed by atoms with Gasteiger partial charge in [-0.25, -0.2) is 0 Å². The topological polar surface area (TPSA) is 123 Å². The number of hydrogen-bond donors (Lipinski definition) is 2. The van der Waals surface area contributed by atoms with Crippen molar-refractivity contribution in [3.63, 3.8) is 0 Å². The van der Waals surface area contributed by atoms with Crippen molar-refractivity contribution < 1.29 is 24.2 Å². The third-order valence-corrected chi connectivity index (χ3v) is 5.15. The second-order valence-corrected chi connectivity index (χ2v) is 7.35. The smallest absolute Gasteiger partial charge is 0.305 e. The summed E-state index contributed by atoms with van der Waals surface area (Å²) in [6.07, 6.45) is 2.87. The number of rotatable bonds is 10. The number of benzene rings is 2. The number of nitrogens with zero attached hydrogens (tertiary/aromatic N) is 2. The molecule has 3 rings (SSSR count). The first kappa shape index (κ1) is 23.6. The number of amides is 1. The second-order valence-electron chi connectivity index (χ2n) is 7.35. The van der Waals surface area contributed by atoms with Crippen molar-refractivity contribution in [2.75, 3.05) is 20.2 Å². The molecule has 33 heavy (non-hydrogen) atoms. The molecular weight excluding hydrogens is 422 g/mol. The molecule has 0 saturated carbocycles. The van der Waals surface area contributed by atoms with Crippen LogP contribution in [-0.2, 0) is 11.3 Å². The number of aliphatic carboxylic acids is 1. The molecule has 8 heteroatoms. The number of hydrogen-bond acceptors (Lipinski definition) is 6. The highest BCUT2D eigenvalue weighted by Crippen LogP contribution is 2.31. The van der Waals surface area contributed by atoms with Crippen molar-refractivity contribution in [2.24, 2.45) is 5.73 Å². The number of carboxylic acid groups (broad SMARTS) is 1. The van der Waals surface area contributed by atoms with E-state index in [-0.39, 0.29) is 37.7 Å². The zero-order valence-corrected chi connectivity index (χ0v) is 18.2. The minimum atomic E-state index is -0.981. The molecule has 0 aliphatic rings. The summed E-state index contributed by atoms with van der Waals surface area (Å²) in [6, 6.07) is 15.8. The SMILES string of the molecule is COc1ccc(CN(CCC(=O)O)C(=O)c2ccncc2)cc1-c1ccc(C(=O)CN)cc1. The Labute approximate surface area is 191 Å². The number of methoxy groups -OCH3 is 1. The van der Waals surface area contributed by atoms with Crippen LogP contribution in [0.3, 0.4) is 0 Å². The number of pyridine rings is 1. The summed E-state index contributed by atoms with van der Waals surface area (Å²) < 4.78 is 5.50. The molecule has 0 bridgehead atoms. The summed E-state index contributed by atoms with van der Waals surface area (Å²) in [5.74, 6) is -0.772. The van der Waals surface area contributed by atoms with E-state index in [2.05, 4.69) is 4.98 Å². The molecule has 1 heterocycles. The molecule has 1 aromatic heterocycles. The standard InChI is InChI=1S/C25H25N3O5/c1-33-23-7-2-17(14-21(23)18-3-5-19(6-4-18)22(29)15-26)16-28(13-10-24(30)31)25(32)20-8-11-27-12-9-20/h2-9,11-12,14H,10,13,15-16,26H2,1H3,(H,30,31). The van der Waals surface area contributed by atoms with Crippen LogP contribution in [0, 0.1) is 0 Å². The first-order valence-electron chi connectivity index (χ1n) is 10.3. The van der Waals surface area contributed by atoms with Crippen LogP contribution >= 0.6 is 0 Å². The van der Waals surface area contributed by atoms with Gasteiger partial charge in [0.1, 0.15) is 5.75 Å². The Hall–Kier alpha value is -4.04. The fraction of sp³-hybridized carbons (Fsp3) is 0.200. The van der Waals surface area contributed by atoms with E-state index >= 15 is 0 Å². The van der Waals surface area contributed by atoms with Gasteiger partial charge >= 0.3 is 5.97 Å². The number of aromatic nitrogens is 1. The lowest BCUT2D eigenvalue weighted by Crippen LogP contribution is -2.32. The number of carbonyl (C=O) groups excluding carboxylic acids is 2. The zero-order valence-electron chi connectivity index (χ0n) is 18.2. The molecule has 0 unspecified atom stereocenters. The maximum atomic E-state index is 13.0. The molecule has 3 N–H and O–H groups in total. The van der Waals surface area contributed by atoms with Crippen molar-refractivity contribution >= 4 is 17.7 Å². The molecule has 0 aliphatic carbocycles. The maximum absolute atomic E-state index is 13.0. The van der Waals surface area contributed by atoms with Crippen molar-refractivity contribution in [1.29, 1.82) is 0 Å². The molecule has 0 radical (unpaired) electrons. The van der Waals surface area contributed by atoms with Gasteiger partial charge in [-0.15, -0.1) is 0 Å². The molecule has 0 atom stereocenters. The summed E-state index contributed by atoms with van der Waals surface area (Å²) >= 11 is 0. The molecule has 0 spiro atoms. The lowest BCUT2D eigenvalue weighted by atomic mass is 9.99. The number of carboxylic acids is 1. The molecule has 0 fully saturated rings. The van der Waals surface area contributed by atoms with Gasteiger partial charge in [-0.1, -0.05) is 30.3 Å². The number of carbonyl (C=O) groups is 3. The van der Waals surface area contributed by atoms with E-state index in [0.29, 0.717) is 16.9 Å². The average Bonchev–Trinajstić information content (AvgIpc) is 2.86. The molecule has 0 saturated heterocycles. The van der Waals surface area contributed by atoms with Crippen molar-refractivity contribution in [2.45, 2.75) is 13.0 Å². The quantitative estimate of drug-likeness (QED) is 0.458. The summed E-state index contributed by atoms with van der Waals surface area (Å²) in [6.45, 7) is 0.221. The van der Waals surface area contributed by atoms with Gasteiger partial charge in [-0.3, -0.25) is 19.4 Å². The Bertz CT molecular complexity index is 1130. The van der Waals surface area contributed by atoms with Crippen LogP contribution in [0.25, 0.3) is 11.1 Å². The largest absolute Gasteiger partial charge is 0.496 e. The van der Waals surface area contributed by atoms with E-state index in [1.165, 1.54) is 17.3 Å². The molecule has 2 aromatic carbocycles. The third kappa shape index (κ3) is 6.02. The molecule has 3 aromatic rings. The normalized spacial score (nSPS) is 10.5. The average molecular weight is 447 g/mol. The van der Waals surface area contributed by atoms with E-state index in [1.807, 2.05) is 24.3 Å². The summed E-state index contributed by atoms with van der Waals surface area (Å²) in [5.41, 5.74) is 8.82. The minimum absolute atomic E-state index is 0.0597. The first-order valence-corrected chi connectivity index (χ1v) is 10.3. The summed E-state index contributed by atoms with van der Waals surface area (Å²) in [7, 11) is 1.57. The van der Waals surface area contributed by atoms with Crippen LogP contribution < -0.4 is 10.5 Å². The highest BCUT2D eigenvalue weighted by Gasteiger charge is 2.18. The maximum Gasteiger partial charge on any atom is 0.305 e. The fourth-order valence-corrected chi connectivity index (χ4v) is 3.41. The Morgan fingerprint density at radius 3 is 2.30 bits per heavy atom. The van der Waals surface area contributed by atoms with E-state index in [4.69, 9.17) is 15.6 Å². The van der Waals surface area contributed by atoms with Gasteiger partial charge in [-0.05, 0) is 35.4 Å². The highest BCUT2D eigenvalue weighted by atomic mass is 16.5. The Morgan fingerprint density at radius 2 is 1.70 bits per heavy atom. The molecule has 8 nitrogen and oxygen atoms in total. The molecule has 170 valence electrons. The molecular formula is C25H25N3O5. The molecule has 0 aliphatic heterocycles. The fourth-order valence-electron chi connectivity index (χ4n) is 3.41. The Morgan fingerprint density at radius 1 is 1.00 bits per heavy atom. The zero-order chi connectivity index (χ0) is 23.8. The van der Waals surface area contributed by atoms with Crippen LogP contribution in [0.1, 0.15) is 32.7 Å². The van der Waals surface area contributed by atoms with Crippen molar-refractivity contribution in [1.82, 2.24) is 9.88 Å². The highest BCUT2D eigenvalue weighted by molar-refractivity contribution is 5.98. The summed E-state index contributed by atoms with van der Waals surface area (Å²) in [4.78, 5) is 41.4. The van der Waals surface area contributed by atoms with Gasteiger partial charge in [0.05, 0.1) is 20.1 Å². The van der Waals surface area contributed by atoms with Gasteiger partial charge in [0.2, 0.25) is 0 Å². The first-order chi connectivity index (χ1) is 15.9. The number of Topliss-reactive ketones (excluding diaryl/α,β-unsaturated/α-hetero) is 1. The Balaban J connectivity index is 1.91. The van der Waals surface area contributed by atoms with Crippen LogP contribution in [-0.4, -0.2) is 52.8 Å². The predicted molar refractivity (Wildman–Crippen MR) is 123 cm³/mol. The number of ether oxygens (including phenoxy) is 1. The summed E-state index contributed by atoms with van der Waals surface area (Å²) in [5, 5.41) is 9.12. The van der Waals surface area contributed by atoms with Crippen molar-refractivity contribution in [3.05, 3.63) is 83.7 Å². The minimum Gasteiger partial charge on any atom is -0.496 e. The monoisotopic (exact) mass is 447 g/mol. The van der Waals surface area contributed by atoms with E-state index in [0.717, 1.165) is 16.7 Å². The van der Waals surface area contributed by atoms with Crippen molar-refractivity contribution in [3.8, 4) is 16.9 Å². The van der Waals surface area contributed by atoms with E-state index < -0.39 is 5.97 Å². The van der Waals surface area contributed by atoms with Crippen LogP contribution in [0.4, 0.5) is 0 Å². The van der Waals surface area contributed by atoms with Crippen LogP contribution in [0.2, 0.25) is 0 Å². The lowest BCUT2D eigenvalue weighted by Gasteiger charge is -2.23. The number of ketones is 1. The van der Waals surface area contributed by atoms with Gasteiger partial charge in [0.25, 0.3) is 5.91 Å².